The Hall–Kier alpha value is -3.72. The molecule has 0 radical (unpaired) electrons. The van der Waals surface area contributed by atoms with Gasteiger partial charge in [-0.05, 0) is 73.3 Å². The summed E-state index contributed by atoms with van der Waals surface area (Å²) in [5, 5.41) is 19.9. The van der Waals surface area contributed by atoms with Gasteiger partial charge in [-0.3, -0.25) is 4.90 Å². The Labute approximate surface area is 223 Å². The normalized spacial score (nSPS) is 20.5. The predicted molar refractivity (Wildman–Crippen MR) is 139 cm³/mol. The molecule has 39 heavy (non-hydrogen) atoms. The second-order valence-corrected chi connectivity index (χ2v) is 10.2. The molecule has 1 unspecified atom stereocenters. The first-order chi connectivity index (χ1) is 18.5. The Morgan fingerprint density at radius 1 is 1.08 bits per heavy atom. The van der Waals surface area contributed by atoms with Crippen LogP contribution < -0.4 is 9.47 Å². The molecule has 5 rings (SSSR count). The fourth-order valence-corrected chi connectivity index (χ4v) is 5.26. The van der Waals surface area contributed by atoms with Gasteiger partial charge in [0.05, 0.1) is 11.1 Å². The van der Waals surface area contributed by atoms with E-state index in [0.29, 0.717) is 23.8 Å². The third kappa shape index (κ3) is 5.41. The Morgan fingerprint density at radius 3 is 2.46 bits per heavy atom. The van der Waals surface area contributed by atoms with Gasteiger partial charge in [0.25, 0.3) is 0 Å². The second-order valence-electron chi connectivity index (χ2n) is 10.2. The summed E-state index contributed by atoms with van der Waals surface area (Å²) >= 11 is 0. The lowest BCUT2D eigenvalue weighted by Crippen LogP contribution is -2.35. The maximum absolute atomic E-state index is 15.0. The smallest absolute Gasteiger partial charge is 0.417 e. The molecule has 206 valence electrons. The zero-order chi connectivity index (χ0) is 27.9. The first-order valence-electron chi connectivity index (χ1n) is 12.8. The number of aromatic hydroxyl groups is 2. The number of alkyl halides is 3. The summed E-state index contributed by atoms with van der Waals surface area (Å²) in [7, 11) is 0. The highest BCUT2D eigenvalue weighted by Crippen LogP contribution is 2.54. The lowest BCUT2D eigenvalue weighted by Gasteiger charge is -2.33. The number of nitrogens with zero attached hydrogens (tertiary/aromatic N) is 1. The van der Waals surface area contributed by atoms with Crippen molar-refractivity contribution >= 4 is 11.1 Å². The van der Waals surface area contributed by atoms with Gasteiger partial charge in [0.2, 0.25) is 0 Å². The molecule has 0 aliphatic carbocycles. The van der Waals surface area contributed by atoms with Crippen molar-refractivity contribution in [3.8, 4) is 23.0 Å². The Kier molecular flexibility index (Phi) is 7.20. The largest absolute Gasteiger partial charge is 0.508 e. The fraction of sp³-hybridized carbons (Fsp3) is 0.333. The number of ether oxygens (including phenoxy) is 2. The number of hydrogen-bond donors (Lipinski definition) is 2. The molecular weight excluding hydrogens is 514 g/mol. The maximum Gasteiger partial charge on any atom is 0.417 e. The molecule has 0 aromatic heterocycles. The fourth-order valence-electron chi connectivity index (χ4n) is 5.26. The van der Waals surface area contributed by atoms with Gasteiger partial charge in [0.15, 0.2) is 17.7 Å². The molecule has 0 amide bonds. The summed E-state index contributed by atoms with van der Waals surface area (Å²) in [4.78, 5) is 2.37. The van der Waals surface area contributed by atoms with E-state index in [4.69, 9.17) is 9.47 Å². The SMILES string of the molecule is C[C@@H]1CCN([C@@H](C)COc2ccc(C3Oc4ccc(O)c(F)c4C(C(F)(F)F)=C3c3cccc(O)c3)cc2)C1. The summed E-state index contributed by atoms with van der Waals surface area (Å²) in [6.07, 6.45) is -5.13. The van der Waals surface area contributed by atoms with E-state index in [0.717, 1.165) is 31.6 Å². The van der Waals surface area contributed by atoms with Gasteiger partial charge in [-0.2, -0.15) is 13.2 Å². The molecule has 3 atom stereocenters. The van der Waals surface area contributed by atoms with Crippen molar-refractivity contribution in [2.75, 3.05) is 19.7 Å². The summed E-state index contributed by atoms with van der Waals surface area (Å²) < 4.78 is 70.7. The average molecular weight is 544 g/mol. The van der Waals surface area contributed by atoms with E-state index in [9.17, 15) is 27.8 Å². The Balaban J connectivity index is 1.52. The van der Waals surface area contributed by atoms with Crippen LogP contribution in [0.5, 0.6) is 23.0 Å². The van der Waals surface area contributed by atoms with Crippen molar-refractivity contribution in [3.63, 3.8) is 0 Å². The summed E-state index contributed by atoms with van der Waals surface area (Å²) in [5.74, 6) is -1.74. The lowest BCUT2D eigenvalue weighted by atomic mass is 9.84. The van der Waals surface area contributed by atoms with Crippen LogP contribution in [0, 0.1) is 11.7 Å². The number of allylic oxidation sites excluding steroid dienone is 1. The van der Waals surface area contributed by atoms with Crippen LogP contribution in [0.3, 0.4) is 0 Å². The standard InChI is InChI=1S/C30H29F4NO4/c1-17-12-13-35(15-17)18(2)16-38-22-8-6-19(7-9-22)29-25(20-4-3-5-21(36)14-20)27(30(32,33)34)26-24(39-29)11-10-23(37)28(26)31/h3-11,14,17-18,29,36-37H,12-13,15-16H2,1-2H3/t17-,18+,29?/m1/s1. The highest BCUT2D eigenvalue weighted by atomic mass is 19.4. The van der Waals surface area contributed by atoms with Crippen molar-refractivity contribution in [2.45, 2.75) is 38.6 Å². The number of phenolic OH excluding ortho intramolecular Hbond substituents is 2. The molecule has 1 fully saturated rings. The molecule has 3 aromatic carbocycles. The topological polar surface area (TPSA) is 62.2 Å². The third-order valence-electron chi connectivity index (χ3n) is 7.30. The minimum atomic E-state index is -5.00. The van der Waals surface area contributed by atoms with Crippen molar-refractivity contribution < 1.29 is 37.2 Å². The lowest BCUT2D eigenvalue weighted by molar-refractivity contribution is -0.0697. The molecule has 5 nitrogen and oxygen atoms in total. The quantitative estimate of drug-likeness (QED) is 0.330. The summed E-state index contributed by atoms with van der Waals surface area (Å²) in [5.41, 5.74) is -2.14. The van der Waals surface area contributed by atoms with Crippen LogP contribution in [0.2, 0.25) is 0 Å². The molecule has 2 N–H and O–H groups in total. The van der Waals surface area contributed by atoms with Crippen LogP contribution in [-0.4, -0.2) is 47.0 Å². The zero-order valence-electron chi connectivity index (χ0n) is 21.5. The van der Waals surface area contributed by atoms with E-state index in [1.165, 1.54) is 24.3 Å². The molecule has 2 aliphatic heterocycles. The van der Waals surface area contributed by atoms with Gasteiger partial charge >= 0.3 is 6.18 Å². The molecule has 1 saturated heterocycles. The number of likely N-dealkylation sites (tertiary alicyclic amines) is 1. The van der Waals surface area contributed by atoms with E-state index < -0.39 is 35.0 Å². The van der Waals surface area contributed by atoms with Crippen molar-refractivity contribution in [2.24, 2.45) is 5.92 Å². The van der Waals surface area contributed by atoms with Gasteiger partial charge < -0.3 is 19.7 Å². The molecule has 2 aliphatic rings. The van der Waals surface area contributed by atoms with E-state index in [-0.39, 0.29) is 28.7 Å². The van der Waals surface area contributed by atoms with Gasteiger partial charge in [-0.15, -0.1) is 0 Å². The molecule has 3 aromatic rings. The highest BCUT2D eigenvalue weighted by molar-refractivity contribution is 5.98. The van der Waals surface area contributed by atoms with Crippen molar-refractivity contribution in [1.82, 2.24) is 4.90 Å². The van der Waals surface area contributed by atoms with Crippen LogP contribution in [-0.2, 0) is 0 Å². The van der Waals surface area contributed by atoms with E-state index >= 15 is 0 Å². The summed E-state index contributed by atoms with van der Waals surface area (Å²) in [6, 6.07) is 14.1. The van der Waals surface area contributed by atoms with Crippen LogP contribution >= 0.6 is 0 Å². The van der Waals surface area contributed by atoms with Gasteiger partial charge in [0, 0.05) is 18.2 Å². The van der Waals surface area contributed by atoms with Gasteiger partial charge in [0.1, 0.15) is 23.9 Å². The Morgan fingerprint density at radius 2 is 1.82 bits per heavy atom. The van der Waals surface area contributed by atoms with Crippen molar-refractivity contribution in [1.29, 1.82) is 0 Å². The molecule has 9 heteroatoms. The van der Waals surface area contributed by atoms with Crippen LogP contribution in [0.4, 0.5) is 17.6 Å². The predicted octanol–water partition coefficient (Wildman–Crippen LogP) is 6.95. The zero-order valence-corrected chi connectivity index (χ0v) is 21.5. The number of fused-ring (bicyclic) bond motifs is 1. The molecule has 2 heterocycles. The average Bonchev–Trinajstić information content (AvgIpc) is 3.34. The van der Waals surface area contributed by atoms with Crippen molar-refractivity contribution in [3.05, 3.63) is 83.2 Å². The molecule has 0 bridgehead atoms. The van der Waals surface area contributed by atoms with Crippen LogP contribution in [0.25, 0.3) is 11.1 Å². The molecular formula is C30H29F4NO4. The maximum atomic E-state index is 15.0. The van der Waals surface area contributed by atoms with Crippen LogP contribution in [0.15, 0.2) is 60.7 Å². The molecule has 0 spiro atoms. The monoisotopic (exact) mass is 543 g/mol. The number of benzene rings is 3. The van der Waals surface area contributed by atoms with E-state index in [1.54, 1.807) is 24.3 Å². The minimum absolute atomic E-state index is 0.00899. The molecule has 0 saturated carbocycles. The van der Waals surface area contributed by atoms with Gasteiger partial charge in [-0.1, -0.05) is 31.2 Å². The number of rotatable bonds is 6. The highest BCUT2D eigenvalue weighted by Gasteiger charge is 2.46. The first kappa shape index (κ1) is 26.9. The van der Waals surface area contributed by atoms with E-state index in [1.807, 2.05) is 0 Å². The van der Waals surface area contributed by atoms with E-state index in [2.05, 4.69) is 18.7 Å². The van der Waals surface area contributed by atoms with Gasteiger partial charge in [-0.25, -0.2) is 4.39 Å². The second kappa shape index (κ2) is 10.4. The number of halogens is 4. The number of phenols is 2. The van der Waals surface area contributed by atoms with Crippen LogP contribution in [0.1, 0.15) is 43.1 Å². The Bertz CT molecular complexity index is 1390. The third-order valence-corrected chi connectivity index (χ3v) is 7.30. The number of hydrogen-bond acceptors (Lipinski definition) is 5. The summed E-state index contributed by atoms with van der Waals surface area (Å²) in [6.45, 7) is 6.83. The first-order valence-corrected chi connectivity index (χ1v) is 12.8. The minimum Gasteiger partial charge on any atom is -0.508 e.